The number of nitrogens with two attached hydrogens (primary N) is 1. The summed E-state index contributed by atoms with van der Waals surface area (Å²) in [4.78, 5) is 0. The van der Waals surface area contributed by atoms with Crippen LogP contribution in [-0.4, -0.2) is 25.6 Å². The SMILES string of the molecule is CCCCCCCCCCCCCCCC(C)N.CCOS(=O)(=O)O. The quantitative estimate of drug-likeness (QED) is 0.267. The zero-order chi connectivity index (χ0) is 19.4. The Morgan fingerprint density at radius 1 is 0.800 bits per heavy atom. The Morgan fingerprint density at radius 3 is 1.40 bits per heavy atom. The fourth-order valence-electron chi connectivity index (χ4n) is 2.63. The van der Waals surface area contributed by atoms with Crippen LogP contribution in [0.25, 0.3) is 0 Å². The second kappa shape index (κ2) is 20.1. The minimum absolute atomic E-state index is 0.0289. The summed E-state index contributed by atoms with van der Waals surface area (Å²) in [5, 5.41) is 0. The summed E-state index contributed by atoms with van der Waals surface area (Å²) < 4.78 is 30.7. The number of unbranched alkanes of at least 4 members (excludes halogenated alkanes) is 12. The third-order valence-corrected chi connectivity index (χ3v) is 4.56. The summed E-state index contributed by atoms with van der Waals surface area (Å²) in [7, 11) is -4.17. The highest BCUT2D eigenvalue weighted by Gasteiger charge is 1.98. The van der Waals surface area contributed by atoms with Gasteiger partial charge in [0.25, 0.3) is 0 Å². The highest BCUT2D eigenvalue weighted by Crippen LogP contribution is 2.13. The predicted molar refractivity (Wildman–Crippen MR) is 107 cm³/mol. The molecule has 0 aromatic rings. The van der Waals surface area contributed by atoms with Crippen LogP contribution in [0.1, 0.15) is 111 Å². The third kappa shape index (κ3) is 32.0. The average molecular weight is 382 g/mol. The van der Waals surface area contributed by atoms with Gasteiger partial charge in [-0.3, -0.25) is 4.55 Å². The Labute approximate surface area is 157 Å². The molecule has 0 aromatic carbocycles. The number of hydrogen-bond acceptors (Lipinski definition) is 4. The van der Waals surface area contributed by atoms with E-state index in [1.807, 2.05) is 0 Å². The zero-order valence-corrected chi connectivity index (χ0v) is 17.7. The molecule has 0 fully saturated rings. The van der Waals surface area contributed by atoms with Crippen LogP contribution >= 0.6 is 0 Å². The van der Waals surface area contributed by atoms with Crippen molar-refractivity contribution in [2.45, 2.75) is 117 Å². The van der Waals surface area contributed by atoms with Gasteiger partial charge in [-0.1, -0.05) is 90.4 Å². The Kier molecular flexibility index (Phi) is 21.8. The van der Waals surface area contributed by atoms with Gasteiger partial charge < -0.3 is 5.73 Å². The van der Waals surface area contributed by atoms with Gasteiger partial charge >= 0.3 is 10.4 Å². The lowest BCUT2D eigenvalue weighted by Crippen LogP contribution is -2.13. The van der Waals surface area contributed by atoms with E-state index in [1.54, 1.807) is 0 Å². The largest absolute Gasteiger partial charge is 0.397 e. The van der Waals surface area contributed by atoms with E-state index in [1.165, 1.54) is 96.8 Å². The molecule has 0 amide bonds. The summed E-state index contributed by atoms with van der Waals surface area (Å²) in [6.45, 7) is 5.83. The Morgan fingerprint density at radius 2 is 1.16 bits per heavy atom. The molecule has 154 valence electrons. The molecule has 0 aliphatic carbocycles. The molecule has 1 atom stereocenters. The summed E-state index contributed by atoms with van der Waals surface area (Å²) in [6.07, 6.45) is 19.8. The molecule has 1 unspecified atom stereocenters. The van der Waals surface area contributed by atoms with Crippen molar-refractivity contribution in [1.29, 1.82) is 0 Å². The van der Waals surface area contributed by atoms with Gasteiger partial charge in [0.1, 0.15) is 0 Å². The van der Waals surface area contributed by atoms with Crippen LogP contribution in [0.3, 0.4) is 0 Å². The van der Waals surface area contributed by atoms with Crippen LogP contribution in [-0.2, 0) is 14.6 Å². The monoisotopic (exact) mass is 381 g/mol. The van der Waals surface area contributed by atoms with Gasteiger partial charge in [-0.25, -0.2) is 4.18 Å². The first kappa shape index (κ1) is 27.1. The molecule has 0 saturated carbocycles. The second-order valence-corrected chi connectivity index (χ2v) is 7.93. The maximum atomic E-state index is 9.56. The van der Waals surface area contributed by atoms with Crippen LogP contribution in [0.5, 0.6) is 0 Å². The third-order valence-electron chi connectivity index (χ3n) is 4.03. The average Bonchev–Trinajstić information content (AvgIpc) is 2.51. The van der Waals surface area contributed by atoms with E-state index >= 15 is 0 Å². The van der Waals surface area contributed by atoms with Crippen LogP contribution in [0.2, 0.25) is 0 Å². The highest BCUT2D eigenvalue weighted by molar-refractivity contribution is 7.80. The van der Waals surface area contributed by atoms with E-state index in [4.69, 9.17) is 10.3 Å². The van der Waals surface area contributed by atoms with Crippen LogP contribution < -0.4 is 5.73 Å². The minimum Gasteiger partial charge on any atom is -0.328 e. The number of hydrogen-bond donors (Lipinski definition) is 2. The predicted octanol–water partition coefficient (Wildman–Crippen LogP) is 5.64. The van der Waals surface area contributed by atoms with Crippen molar-refractivity contribution in [3.8, 4) is 0 Å². The Hall–Kier alpha value is -0.170. The van der Waals surface area contributed by atoms with Crippen molar-refractivity contribution in [3.63, 3.8) is 0 Å². The number of rotatable bonds is 16. The van der Waals surface area contributed by atoms with Crippen LogP contribution in [0, 0.1) is 0 Å². The molecule has 0 aliphatic heterocycles. The van der Waals surface area contributed by atoms with Crippen LogP contribution in [0.15, 0.2) is 0 Å². The summed E-state index contributed by atoms with van der Waals surface area (Å²) in [5.41, 5.74) is 5.73. The van der Waals surface area contributed by atoms with E-state index in [-0.39, 0.29) is 6.61 Å². The fraction of sp³-hybridized carbons (Fsp3) is 1.00. The lowest BCUT2D eigenvalue weighted by Gasteiger charge is -2.04. The van der Waals surface area contributed by atoms with Crippen LogP contribution in [0.4, 0.5) is 0 Å². The summed E-state index contributed by atoms with van der Waals surface area (Å²) in [6, 6.07) is 0.401. The molecule has 0 aromatic heterocycles. The maximum absolute atomic E-state index is 9.56. The smallest absolute Gasteiger partial charge is 0.328 e. The molecule has 0 bridgehead atoms. The van der Waals surface area contributed by atoms with Crippen molar-refractivity contribution >= 4 is 10.4 Å². The minimum atomic E-state index is -4.17. The molecule has 0 rings (SSSR count). The normalized spacial score (nSPS) is 12.5. The maximum Gasteiger partial charge on any atom is 0.397 e. The molecule has 0 saturated heterocycles. The van der Waals surface area contributed by atoms with Gasteiger partial charge in [0.2, 0.25) is 0 Å². The van der Waals surface area contributed by atoms with Crippen molar-refractivity contribution in [1.82, 2.24) is 0 Å². The van der Waals surface area contributed by atoms with Crippen molar-refractivity contribution in [2.24, 2.45) is 5.73 Å². The Balaban J connectivity index is 0. The van der Waals surface area contributed by atoms with E-state index in [9.17, 15) is 8.42 Å². The summed E-state index contributed by atoms with van der Waals surface area (Å²) in [5.74, 6) is 0. The molecule has 0 spiro atoms. The van der Waals surface area contributed by atoms with Gasteiger partial charge in [0, 0.05) is 6.04 Å². The molecule has 3 N–H and O–H groups in total. The van der Waals surface area contributed by atoms with Gasteiger partial charge in [0.05, 0.1) is 6.61 Å². The molecule has 5 nitrogen and oxygen atoms in total. The zero-order valence-electron chi connectivity index (χ0n) is 16.8. The Bertz CT molecular complexity index is 345. The topological polar surface area (TPSA) is 89.6 Å². The molecule has 0 radical (unpaired) electrons. The molecular formula is C19H43NO4S. The van der Waals surface area contributed by atoms with Gasteiger partial charge in [-0.2, -0.15) is 8.42 Å². The first-order chi connectivity index (χ1) is 11.8. The summed E-state index contributed by atoms with van der Waals surface area (Å²) >= 11 is 0. The molecule has 0 heterocycles. The van der Waals surface area contributed by atoms with Crippen molar-refractivity contribution in [3.05, 3.63) is 0 Å². The lowest BCUT2D eigenvalue weighted by atomic mass is 10.0. The molecule has 0 aliphatic rings. The fourth-order valence-corrected chi connectivity index (χ4v) is 2.93. The highest BCUT2D eigenvalue weighted by atomic mass is 32.3. The standard InChI is InChI=1S/C17H37N.C2H6O4S/c1-3-4-5-6-7-8-9-10-11-12-13-14-15-16-17(2)18;1-2-6-7(3,4)5/h17H,3-16,18H2,1-2H3;2H2,1H3,(H,3,4,5). The first-order valence-electron chi connectivity index (χ1n) is 10.2. The molecule has 6 heteroatoms. The van der Waals surface area contributed by atoms with Crippen molar-refractivity contribution < 1.29 is 17.2 Å². The van der Waals surface area contributed by atoms with Gasteiger partial charge in [0.15, 0.2) is 0 Å². The van der Waals surface area contributed by atoms with E-state index < -0.39 is 10.4 Å². The van der Waals surface area contributed by atoms with Gasteiger partial charge in [-0.15, -0.1) is 0 Å². The molecule has 25 heavy (non-hydrogen) atoms. The van der Waals surface area contributed by atoms with E-state index in [0.29, 0.717) is 6.04 Å². The van der Waals surface area contributed by atoms with Gasteiger partial charge in [-0.05, 0) is 20.3 Å². The van der Waals surface area contributed by atoms with Crippen molar-refractivity contribution in [2.75, 3.05) is 6.61 Å². The lowest BCUT2D eigenvalue weighted by molar-refractivity contribution is 0.283. The molecular weight excluding hydrogens is 338 g/mol. The first-order valence-corrected chi connectivity index (χ1v) is 11.6. The second-order valence-electron chi connectivity index (χ2n) is 6.84. The van der Waals surface area contributed by atoms with E-state index in [0.717, 1.165) is 0 Å². The van der Waals surface area contributed by atoms with E-state index in [2.05, 4.69) is 18.0 Å².